The lowest BCUT2D eigenvalue weighted by atomic mass is 9.73. The SMILES string of the molecule is CN(C(=O)OC(C)(C)C)C1CCCC12CCN(c1nc(N)c(=S)[nH]c1C(N)=O)CC2. The van der Waals surface area contributed by atoms with Crippen LogP contribution >= 0.6 is 12.2 Å². The molecule has 2 aliphatic rings. The zero-order chi connectivity index (χ0) is 22.3. The summed E-state index contributed by atoms with van der Waals surface area (Å²) in [6.45, 7) is 7.01. The van der Waals surface area contributed by atoms with E-state index in [1.807, 2.05) is 32.7 Å². The zero-order valence-corrected chi connectivity index (χ0v) is 19.0. The van der Waals surface area contributed by atoms with Crippen LogP contribution in [0.25, 0.3) is 0 Å². The van der Waals surface area contributed by atoms with Crippen molar-refractivity contribution < 1.29 is 14.3 Å². The second-order valence-corrected chi connectivity index (χ2v) is 9.77. The Hall–Kier alpha value is -2.36. The average Bonchev–Trinajstić information content (AvgIpc) is 3.05. The van der Waals surface area contributed by atoms with Gasteiger partial charge in [0.25, 0.3) is 5.91 Å². The van der Waals surface area contributed by atoms with Gasteiger partial charge in [-0.05, 0) is 51.9 Å². The molecule has 1 aliphatic carbocycles. The molecular weight excluding hydrogens is 404 g/mol. The second-order valence-electron chi connectivity index (χ2n) is 9.36. The molecule has 1 unspecified atom stereocenters. The summed E-state index contributed by atoms with van der Waals surface area (Å²) in [5.74, 6) is -0.000490. The minimum atomic E-state index is -0.618. The maximum Gasteiger partial charge on any atom is 0.410 e. The molecule has 1 aromatic heterocycles. The number of primary amides is 1. The number of nitrogens with two attached hydrogens (primary N) is 2. The predicted molar refractivity (Wildman–Crippen MR) is 118 cm³/mol. The Balaban J connectivity index is 1.77. The molecule has 1 saturated carbocycles. The molecule has 1 atom stereocenters. The fourth-order valence-electron chi connectivity index (χ4n) is 4.79. The molecule has 1 aliphatic heterocycles. The summed E-state index contributed by atoms with van der Waals surface area (Å²) in [6.07, 6.45) is 4.58. The minimum absolute atomic E-state index is 0.0300. The standard InChI is InChI=1S/C20H32N6O3S/c1-19(2,3)29-18(28)25(4)12-6-5-7-20(12)8-10-26(11-9-20)16-13(15(22)27)23-17(30)14(21)24-16/h12H,5-11H2,1-4H3,(H2,21,24)(H2,22,27)(H,23,30). The molecule has 5 N–H and O–H groups in total. The predicted octanol–water partition coefficient (Wildman–Crippen LogP) is 2.83. The molecule has 1 spiro atoms. The number of nitrogens with one attached hydrogen (secondary N) is 1. The van der Waals surface area contributed by atoms with E-state index in [0.717, 1.165) is 32.1 Å². The van der Waals surface area contributed by atoms with E-state index in [-0.39, 0.29) is 33.7 Å². The first-order chi connectivity index (χ1) is 13.9. The summed E-state index contributed by atoms with van der Waals surface area (Å²) in [5.41, 5.74) is 11.1. The molecule has 2 fully saturated rings. The molecule has 9 nitrogen and oxygen atoms in total. The van der Waals surface area contributed by atoms with E-state index >= 15 is 0 Å². The molecule has 2 amide bonds. The topological polar surface area (TPSA) is 131 Å². The average molecular weight is 437 g/mol. The molecule has 3 rings (SSSR count). The van der Waals surface area contributed by atoms with E-state index in [2.05, 4.69) is 9.97 Å². The quantitative estimate of drug-likeness (QED) is 0.621. The summed E-state index contributed by atoms with van der Waals surface area (Å²) in [7, 11) is 1.84. The van der Waals surface area contributed by atoms with Crippen molar-refractivity contribution in [1.29, 1.82) is 0 Å². The molecule has 1 saturated heterocycles. The smallest absolute Gasteiger partial charge is 0.410 e. The van der Waals surface area contributed by atoms with Gasteiger partial charge in [-0.2, -0.15) is 0 Å². The number of aromatic nitrogens is 2. The van der Waals surface area contributed by atoms with E-state index in [4.69, 9.17) is 28.4 Å². The fraction of sp³-hybridized carbons (Fsp3) is 0.700. The highest BCUT2D eigenvalue weighted by Crippen LogP contribution is 2.49. The lowest BCUT2D eigenvalue weighted by Crippen LogP contribution is -2.52. The second kappa shape index (κ2) is 8.05. The summed E-state index contributed by atoms with van der Waals surface area (Å²) >= 11 is 5.09. The summed E-state index contributed by atoms with van der Waals surface area (Å²) in [5, 5.41) is 0. The molecule has 0 bridgehead atoms. The highest BCUT2D eigenvalue weighted by atomic mass is 32.1. The summed E-state index contributed by atoms with van der Waals surface area (Å²) in [6, 6.07) is 0.129. The van der Waals surface area contributed by atoms with Gasteiger partial charge in [0.05, 0.1) is 0 Å². The van der Waals surface area contributed by atoms with Gasteiger partial charge in [-0.1, -0.05) is 18.6 Å². The van der Waals surface area contributed by atoms with Crippen LogP contribution in [0.3, 0.4) is 0 Å². The van der Waals surface area contributed by atoms with Crippen molar-refractivity contribution in [2.75, 3.05) is 30.8 Å². The molecule has 30 heavy (non-hydrogen) atoms. The number of nitrogen functional groups attached to an aromatic ring is 1. The molecule has 1 aromatic rings. The molecular formula is C20H32N6O3S. The van der Waals surface area contributed by atoms with Crippen LogP contribution in [0, 0.1) is 10.1 Å². The van der Waals surface area contributed by atoms with Crippen molar-refractivity contribution in [3.63, 3.8) is 0 Å². The zero-order valence-electron chi connectivity index (χ0n) is 18.2. The van der Waals surface area contributed by atoms with Gasteiger partial charge < -0.3 is 31.0 Å². The van der Waals surface area contributed by atoms with Crippen LogP contribution in [-0.4, -0.2) is 58.6 Å². The van der Waals surface area contributed by atoms with Gasteiger partial charge in [-0.3, -0.25) is 4.79 Å². The molecule has 166 valence electrons. The first-order valence-corrected chi connectivity index (χ1v) is 10.7. The van der Waals surface area contributed by atoms with Crippen molar-refractivity contribution in [1.82, 2.24) is 14.9 Å². The van der Waals surface area contributed by atoms with Gasteiger partial charge in [-0.15, -0.1) is 0 Å². The van der Waals surface area contributed by atoms with Gasteiger partial charge in [0.1, 0.15) is 15.9 Å². The van der Waals surface area contributed by atoms with Crippen molar-refractivity contribution in [3.8, 4) is 0 Å². The monoisotopic (exact) mass is 436 g/mol. The first-order valence-electron chi connectivity index (χ1n) is 10.3. The van der Waals surface area contributed by atoms with Crippen LogP contribution in [0.4, 0.5) is 16.4 Å². The highest BCUT2D eigenvalue weighted by molar-refractivity contribution is 7.71. The van der Waals surface area contributed by atoms with Crippen molar-refractivity contribution in [2.45, 2.75) is 64.5 Å². The number of aromatic amines is 1. The van der Waals surface area contributed by atoms with Crippen LogP contribution in [0.2, 0.25) is 0 Å². The van der Waals surface area contributed by atoms with Gasteiger partial charge >= 0.3 is 6.09 Å². The third kappa shape index (κ3) is 4.38. The van der Waals surface area contributed by atoms with Crippen LogP contribution in [0.5, 0.6) is 0 Å². The van der Waals surface area contributed by atoms with Crippen molar-refractivity contribution >= 4 is 35.9 Å². The number of carbonyl (C=O) groups is 2. The van der Waals surface area contributed by atoms with E-state index in [1.54, 1.807) is 4.90 Å². The van der Waals surface area contributed by atoms with Crippen LogP contribution < -0.4 is 16.4 Å². The molecule has 2 heterocycles. The van der Waals surface area contributed by atoms with Gasteiger partial charge in [0, 0.05) is 26.2 Å². The number of nitrogens with zero attached hydrogens (tertiary/aromatic N) is 3. The summed E-state index contributed by atoms with van der Waals surface area (Å²) in [4.78, 5) is 35.5. The van der Waals surface area contributed by atoms with Crippen molar-refractivity contribution in [2.24, 2.45) is 11.1 Å². The van der Waals surface area contributed by atoms with E-state index in [1.165, 1.54) is 0 Å². The number of piperidine rings is 1. The maximum atomic E-state index is 12.7. The summed E-state index contributed by atoms with van der Waals surface area (Å²) < 4.78 is 5.79. The van der Waals surface area contributed by atoms with Crippen LogP contribution in [0.15, 0.2) is 0 Å². The van der Waals surface area contributed by atoms with E-state index in [0.29, 0.717) is 18.9 Å². The molecule has 10 heteroatoms. The number of hydrogen-bond acceptors (Lipinski definition) is 7. The van der Waals surface area contributed by atoms with Crippen LogP contribution in [0.1, 0.15) is 63.4 Å². The van der Waals surface area contributed by atoms with Gasteiger partial charge in [0.2, 0.25) is 0 Å². The normalized spacial score (nSPS) is 20.9. The fourth-order valence-corrected chi connectivity index (χ4v) is 4.94. The largest absolute Gasteiger partial charge is 0.444 e. The Labute approximate surface area is 182 Å². The highest BCUT2D eigenvalue weighted by Gasteiger charge is 2.48. The lowest BCUT2D eigenvalue weighted by Gasteiger charge is -2.46. The Morgan fingerprint density at radius 1 is 1.30 bits per heavy atom. The third-order valence-corrected chi connectivity index (χ3v) is 6.55. The number of ether oxygens (including phenoxy) is 1. The number of rotatable bonds is 3. The Morgan fingerprint density at radius 3 is 2.50 bits per heavy atom. The molecule has 0 aromatic carbocycles. The lowest BCUT2D eigenvalue weighted by molar-refractivity contribution is 0.00485. The third-order valence-electron chi connectivity index (χ3n) is 6.23. The van der Waals surface area contributed by atoms with Crippen LogP contribution in [-0.2, 0) is 4.74 Å². The minimum Gasteiger partial charge on any atom is -0.444 e. The van der Waals surface area contributed by atoms with Gasteiger partial charge in [0.15, 0.2) is 11.6 Å². The first kappa shape index (κ1) is 22.3. The molecule has 0 radical (unpaired) electrons. The number of anilines is 2. The number of hydrogen-bond donors (Lipinski definition) is 3. The Kier molecular flexibility index (Phi) is 5.99. The number of carbonyl (C=O) groups excluding carboxylic acids is 2. The Morgan fingerprint density at radius 2 is 1.93 bits per heavy atom. The van der Waals surface area contributed by atoms with Crippen molar-refractivity contribution in [3.05, 3.63) is 10.3 Å². The Bertz CT molecular complexity index is 886. The number of amides is 2. The number of H-pyrrole nitrogens is 1. The van der Waals surface area contributed by atoms with Gasteiger partial charge in [-0.25, -0.2) is 9.78 Å². The van der Waals surface area contributed by atoms with E-state index < -0.39 is 11.5 Å². The maximum absolute atomic E-state index is 12.7. The van der Waals surface area contributed by atoms with E-state index in [9.17, 15) is 9.59 Å².